The van der Waals surface area contributed by atoms with E-state index in [9.17, 15) is 9.18 Å². The minimum Gasteiger partial charge on any atom is -0.486 e. The molecule has 7 nitrogen and oxygen atoms in total. The van der Waals surface area contributed by atoms with Crippen LogP contribution in [-0.2, 0) is 13.2 Å². The summed E-state index contributed by atoms with van der Waals surface area (Å²) in [4.78, 5) is 12.9. The molecule has 10 heteroatoms. The summed E-state index contributed by atoms with van der Waals surface area (Å²) in [5, 5.41) is 12.0. The van der Waals surface area contributed by atoms with Crippen LogP contribution in [0.2, 0.25) is 10.0 Å². The van der Waals surface area contributed by atoms with Crippen LogP contribution in [0.15, 0.2) is 53.1 Å². The molecular weight excluding hydrogens is 470 g/mol. The lowest BCUT2D eigenvalue weighted by atomic mass is 10.2. The van der Waals surface area contributed by atoms with E-state index in [-0.39, 0.29) is 18.1 Å². The van der Waals surface area contributed by atoms with Crippen molar-refractivity contribution >= 4 is 34.9 Å². The van der Waals surface area contributed by atoms with E-state index in [1.54, 1.807) is 48.0 Å². The van der Waals surface area contributed by atoms with E-state index >= 15 is 0 Å². The van der Waals surface area contributed by atoms with E-state index in [0.29, 0.717) is 33.7 Å². The van der Waals surface area contributed by atoms with Crippen LogP contribution in [0.4, 0.5) is 10.2 Å². The fourth-order valence-electron chi connectivity index (χ4n) is 3.19. The minimum absolute atomic E-state index is 0.0326. The van der Waals surface area contributed by atoms with E-state index in [0.717, 1.165) is 11.3 Å². The van der Waals surface area contributed by atoms with Gasteiger partial charge in [0.05, 0.1) is 12.1 Å². The van der Waals surface area contributed by atoms with Gasteiger partial charge >= 0.3 is 0 Å². The molecule has 2 heterocycles. The molecule has 1 N–H and O–H groups in total. The van der Waals surface area contributed by atoms with Crippen molar-refractivity contribution in [3.8, 4) is 5.75 Å². The molecule has 170 valence electrons. The Bertz CT molecular complexity index is 1300. The molecule has 0 fully saturated rings. The van der Waals surface area contributed by atoms with Gasteiger partial charge in [-0.25, -0.2) is 4.39 Å². The van der Waals surface area contributed by atoms with Crippen molar-refractivity contribution in [1.29, 1.82) is 0 Å². The predicted molar refractivity (Wildman–Crippen MR) is 122 cm³/mol. The number of hydrogen-bond donors (Lipinski definition) is 1. The molecular formula is C23H19Cl2FN4O3. The van der Waals surface area contributed by atoms with Crippen molar-refractivity contribution in [2.24, 2.45) is 0 Å². The van der Waals surface area contributed by atoms with Crippen LogP contribution in [0.3, 0.4) is 0 Å². The fraction of sp³-hybridized carbons (Fsp3) is 0.174. The van der Waals surface area contributed by atoms with Gasteiger partial charge in [0, 0.05) is 27.4 Å². The Morgan fingerprint density at radius 1 is 1.12 bits per heavy atom. The largest absolute Gasteiger partial charge is 0.486 e. The molecule has 0 spiro atoms. The Hall–Kier alpha value is -3.36. The van der Waals surface area contributed by atoms with E-state index in [4.69, 9.17) is 32.5 Å². The number of para-hydroxylation sites is 1. The molecule has 0 radical (unpaired) electrons. The van der Waals surface area contributed by atoms with Crippen molar-refractivity contribution in [1.82, 2.24) is 14.9 Å². The first-order valence-corrected chi connectivity index (χ1v) is 10.7. The van der Waals surface area contributed by atoms with Crippen LogP contribution in [-0.4, -0.2) is 20.8 Å². The van der Waals surface area contributed by atoms with Crippen LogP contribution in [0.1, 0.15) is 33.1 Å². The number of benzene rings is 2. The number of amides is 1. The Balaban J connectivity index is 1.49. The van der Waals surface area contributed by atoms with E-state index < -0.39 is 11.7 Å². The quantitative estimate of drug-likeness (QED) is 0.354. The average Bonchev–Trinajstić information content (AvgIpc) is 3.32. The van der Waals surface area contributed by atoms with Gasteiger partial charge in [0.15, 0.2) is 23.1 Å². The molecule has 33 heavy (non-hydrogen) atoms. The molecule has 0 atom stereocenters. The number of rotatable bonds is 7. The van der Waals surface area contributed by atoms with Crippen LogP contribution < -0.4 is 10.1 Å². The van der Waals surface area contributed by atoms with Crippen LogP contribution in [0.5, 0.6) is 5.75 Å². The number of anilines is 1. The maximum Gasteiger partial charge on any atom is 0.279 e. The minimum atomic E-state index is -0.528. The second kappa shape index (κ2) is 9.64. The maximum absolute atomic E-state index is 13.8. The summed E-state index contributed by atoms with van der Waals surface area (Å²) in [7, 11) is 0. The van der Waals surface area contributed by atoms with Gasteiger partial charge in [0.2, 0.25) is 0 Å². The Morgan fingerprint density at radius 2 is 1.85 bits per heavy atom. The lowest BCUT2D eigenvalue weighted by Gasteiger charge is -2.08. The highest BCUT2D eigenvalue weighted by Crippen LogP contribution is 2.26. The standard InChI is InChI=1S/C23H19Cl2FN4O3/c1-13-10-21(28-30(13)11-15-17(24)6-5-7-18(15)25)27-23(31)22-16(14(2)33-29-22)12-32-20-9-4-3-8-19(20)26/h3-10H,11-12H2,1-2H3,(H,27,28,31). The molecule has 0 unspecified atom stereocenters. The molecule has 4 aromatic rings. The van der Waals surface area contributed by atoms with Gasteiger partial charge in [0.25, 0.3) is 5.91 Å². The predicted octanol–water partition coefficient (Wildman–Crippen LogP) is 5.81. The van der Waals surface area contributed by atoms with Gasteiger partial charge in [-0.3, -0.25) is 9.48 Å². The molecule has 0 aliphatic rings. The van der Waals surface area contributed by atoms with Crippen molar-refractivity contribution in [3.63, 3.8) is 0 Å². The number of hydrogen-bond acceptors (Lipinski definition) is 5. The van der Waals surface area contributed by atoms with Gasteiger partial charge in [-0.05, 0) is 38.1 Å². The van der Waals surface area contributed by atoms with Gasteiger partial charge in [-0.2, -0.15) is 5.10 Å². The van der Waals surface area contributed by atoms with Crippen molar-refractivity contribution in [3.05, 3.63) is 92.7 Å². The third-order valence-corrected chi connectivity index (χ3v) is 5.71. The van der Waals surface area contributed by atoms with Gasteiger partial charge < -0.3 is 14.6 Å². The summed E-state index contributed by atoms with van der Waals surface area (Å²) in [6, 6.07) is 13.0. The fourth-order valence-corrected chi connectivity index (χ4v) is 3.71. The second-order valence-electron chi connectivity index (χ2n) is 7.27. The highest BCUT2D eigenvalue weighted by atomic mass is 35.5. The van der Waals surface area contributed by atoms with Crippen molar-refractivity contribution < 1.29 is 18.4 Å². The average molecular weight is 489 g/mol. The van der Waals surface area contributed by atoms with Crippen LogP contribution >= 0.6 is 23.2 Å². The van der Waals surface area contributed by atoms with E-state index in [2.05, 4.69) is 15.6 Å². The number of nitrogens with one attached hydrogen (secondary N) is 1. The maximum atomic E-state index is 13.8. The van der Waals surface area contributed by atoms with Gasteiger partial charge in [0.1, 0.15) is 12.4 Å². The highest BCUT2D eigenvalue weighted by molar-refractivity contribution is 6.35. The summed E-state index contributed by atoms with van der Waals surface area (Å²) in [5.74, 6) is -0.248. The van der Waals surface area contributed by atoms with Crippen molar-refractivity contribution in [2.75, 3.05) is 5.32 Å². The smallest absolute Gasteiger partial charge is 0.279 e. The lowest BCUT2D eigenvalue weighted by Crippen LogP contribution is -2.16. The molecule has 0 saturated carbocycles. The number of carbonyl (C=O) groups is 1. The zero-order valence-electron chi connectivity index (χ0n) is 17.7. The first-order valence-electron chi connectivity index (χ1n) is 9.94. The van der Waals surface area contributed by atoms with Crippen LogP contribution in [0.25, 0.3) is 0 Å². The topological polar surface area (TPSA) is 82.2 Å². The molecule has 0 bridgehead atoms. The number of aryl methyl sites for hydroxylation is 2. The summed E-state index contributed by atoms with van der Waals surface area (Å²) in [6.45, 7) is 3.75. The number of aromatic nitrogens is 3. The Morgan fingerprint density at radius 3 is 2.58 bits per heavy atom. The van der Waals surface area contributed by atoms with Gasteiger partial charge in [-0.15, -0.1) is 0 Å². The first-order chi connectivity index (χ1) is 15.8. The number of carbonyl (C=O) groups excluding carboxylic acids is 1. The second-order valence-corrected chi connectivity index (χ2v) is 8.08. The number of nitrogens with zero attached hydrogens (tertiary/aromatic N) is 3. The monoisotopic (exact) mass is 488 g/mol. The Kier molecular flexibility index (Phi) is 6.67. The van der Waals surface area contributed by atoms with Crippen molar-refractivity contribution in [2.45, 2.75) is 27.0 Å². The molecule has 2 aromatic carbocycles. The number of ether oxygens (including phenoxy) is 1. The van der Waals surface area contributed by atoms with E-state index in [1.165, 1.54) is 12.1 Å². The summed E-state index contributed by atoms with van der Waals surface area (Å²) >= 11 is 12.5. The summed E-state index contributed by atoms with van der Waals surface area (Å²) in [6.07, 6.45) is 0. The van der Waals surface area contributed by atoms with E-state index in [1.807, 2.05) is 6.92 Å². The zero-order chi connectivity index (χ0) is 23.5. The summed E-state index contributed by atoms with van der Waals surface area (Å²) in [5.41, 5.74) is 1.96. The molecule has 0 aliphatic carbocycles. The SMILES string of the molecule is Cc1onc(C(=O)Nc2cc(C)n(Cc3c(Cl)cccc3Cl)n2)c1COc1ccccc1F. The lowest BCUT2D eigenvalue weighted by molar-refractivity contribution is 0.101. The molecule has 0 saturated heterocycles. The molecule has 4 rings (SSSR count). The zero-order valence-corrected chi connectivity index (χ0v) is 19.2. The Labute approximate surface area is 199 Å². The highest BCUT2D eigenvalue weighted by Gasteiger charge is 2.22. The van der Waals surface area contributed by atoms with Crippen LogP contribution in [0, 0.1) is 19.7 Å². The normalized spacial score (nSPS) is 10.9. The number of halogens is 3. The molecule has 0 aliphatic heterocycles. The third kappa shape index (κ3) is 5.02. The summed E-state index contributed by atoms with van der Waals surface area (Å²) < 4.78 is 26.2. The molecule has 1 amide bonds. The first kappa shape index (κ1) is 22.8. The molecule has 2 aromatic heterocycles. The third-order valence-electron chi connectivity index (χ3n) is 5.00. The van der Waals surface area contributed by atoms with Gasteiger partial charge in [-0.1, -0.05) is 46.6 Å².